The summed E-state index contributed by atoms with van der Waals surface area (Å²) in [6, 6.07) is -1.31. The topological polar surface area (TPSA) is 89.9 Å². The van der Waals surface area contributed by atoms with Gasteiger partial charge in [-0.15, -0.1) is 0 Å². The number of β-amino-alcohol motifs (C(OH)–C–C–N with tert-alkyl or cyclic N) is 1. The summed E-state index contributed by atoms with van der Waals surface area (Å²) < 4.78 is 0. The second-order valence-corrected chi connectivity index (χ2v) is 4.76. The molecule has 104 valence electrons. The molecule has 0 saturated carbocycles. The van der Waals surface area contributed by atoms with Gasteiger partial charge in [0.15, 0.2) is 0 Å². The third kappa shape index (κ3) is 3.60. The molecule has 1 heterocycles. The molecule has 1 aliphatic heterocycles. The average molecular weight is 258 g/mol. The lowest BCUT2D eigenvalue weighted by Crippen LogP contribution is -2.47. The Bertz CT molecular complexity index is 304. The normalized spacial score (nSPS) is 23.4. The number of carboxylic acid groups (broad SMARTS) is 1. The summed E-state index contributed by atoms with van der Waals surface area (Å²) in [4.78, 5) is 24.1. The van der Waals surface area contributed by atoms with Gasteiger partial charge in [-0.2, -0.15) is 0 Å². The summed E-state index contributed by atoms with van der Waals surface area (Å²) in [7, 11) is 0. The van der Waals surface area contributed by atoms with Gasteiger partial charge in [-0.1, -0.05) is 26.7 Å². The van der Waals surface area contributed by atoms with Crippen molar-refractivity contribution in [3.05, 3.63) is 0 Å². The van der Waals surface area contributed by atoms with Crippen molar-refractivity contribution >= 4 is 12.0 Å². The number of aliphatic hydroxyl groups excluding tert-OH is 1. The maximum absolute atomic E-state index is 11.9. The molecular weight excluding hydrogens is 236 g/mol. The molecule has 0 unspecified atom stereocenters. The predicted molar refractivity (Wildman–Crippen MR) is 66.2 cm³/mol. The van der Waals surface area contributed by atoms with E-state index in [0.29, 0.717) is 12.5 Å². The highest BCUT2D eigenvalue weighted by Gasteiger charge is 2.38. The first-order chi connectivity index (χ1) is 8.49. The molecule has 18 heavy (non-hydrogen) atoms. The molecule has 0 radical (unpaired) electrons. The second kappa shape index (κ2) is 6.58. The number of urea groups is 1. The smallest absolute Gasteiger partial charge is 0.326 e. The number of carbonyl (C=O) groups excluding carboxylic acids is 1. The maximum Gasteiger partial charge on any atom is 0.326 e. The molecule has 0 aromatic heterocycles. The number of carbonyl (C=O) groups is 2. The summed E-state index contributed by atoms with van der Waals surface area (Å²) >= 11 is 0. The molecular formula is C12H22N2O4. The van der Waals surface area contributed by atoms with Gasteiger partial charge in [-0.3, -0.25) is 0 Å². The van der Waals surface area contributed by atoms with Crippen LogP contribution in [0.5, 0.6) is 0 Å². The lowest BCUT2D eigenvalue weighted by Gasteiger charge is -2.23. The van der Waals surface area contributed by atoms with Crippen molar-refractivity contribution in [2.45, 2.75) is 45.3 Å². The minimum absolute atomic E-state index is 0.0890. The molecule has 0 aliphatic carbocycles. The Morgan fingerprint density at radius 1 is 1.39 bits per heavy atom. The molecule has 0 aromatic carbocycles. The van der Waals surface area contributed by atoms with E-state index in [0.717, 1.165) is 12.8 Å². The van der Waals surface area contributed by atoms with Gasteiger partial charge in [-0.05, 0) is 5.92 Å². The third-order valence-corrected chi connectivity index (χ3v) is 3.52. The fraction of sp³-hybridized carbons (Fsp3) is 0.833. The molecule has 0 aromatic rings. The Morgan fingerprint density at radius 3 is 2.50 bits per heavy atom. The Morgan fingerprint density at radius 2 is 2.00 bits per heavy atom. The van der Waals surface area contributed by atoms with Gasteiger partial charge in [0, 0.05) is 19.5 Å². The molecule has 1 aliphatic rings. The van der Waals surface area contributed by atoms with Gasteiger partial charge in [0.25, 0.3) is 0 Å². The van der Waals surface area contributed by atoms with Crippen molar-refractivity contribution in [2.75, 3.05) is 13.1 Å². The molecule has 1 saturated heterocycles. The van der Waals surface area contributed by atoms with Gasteiger partial charge in [0.05, 0.1) is 6.10 Å². The van der Waals surface area contributed by atoms with Crippen LogP contribution in [0.1, 0.15) is 33.1 Å². The van der Waals surface area contributed by atoms with E-state index in [4.69, 9.17) is 5.11 Å². The molecule has 6 heteroatoms. The van der Waals surface area contributed by atoms with E-state index in [1.165, 1.54) is 4.90 Å². The SMILES string of the molecule is CCC(CC)CNC(=O)N1C[C@H](O)C[C@H]1C(=O)O. The molecule has 3 N–H and O–H groups in total. The van der Waals surface area contributed by atoms with Gasteiger partial charge in [0.2, 0.25) is 0 Å². The summed E-state index contributed by atoms with van der Waals surface area (Å²) in [5.74, 6) is -0.658. The Labute approximate surface area is 107 Å². The van der Waals surface area contributed by atoms with Crippen LogP contribution in [0.4, 0.5) is 4.79 Å². The summed E-state index contributed by atoms with van der Waals surface area (Å²) in [6.45, 7) is 4.75. The molecule has 1 fully saturated rings. The standard InChI is InChI=1S/C12H22N2O4/c1-3-8(4-2)6-13-12(18)14-7-9(15)5-10(14)11(16)17/h8-10,15H,3-7H2,1-2H3,(H,13,18)(H,16,17)/t9-,10+/m1/s1. The number of hydrogen-bond donors (Lipinski definition) is 3. The zero-order valence-corrected chi connectivity index (χ0v) is 10.9. The van der Waals surface area contributed by atoms with E-state index in [-0.39, 0.29) is 13.0 Å². The van der Waals surface area contributed by atoms with E-state index >= 15 is 0 Å². The van der Waals surface area contributed by atoms with Crippen LogP contribution in [0.2, 0.25) is 0 Å². The van der Waals surface area contributed by atoms with Crippen LogP contribution in [0.25, 0.3) is 0 Å². The lowest BCUT2D eigenvalue weighted by atomic mass is 10.0. The molecule has 6 nitrogen and oxygen atoms in total. The largest absolute Gasteiger partial charge is 0.480 e. The van der Waals surface area contributed by atoms with Crippen LogP contribution in [0.15, 0.2) is 0 Å². The van der Waals surface area contributed by atoms with Gasteiger partial charge in [0.1, 0.15) is 6.04 Å². The van der Waals surface area contributed by atoms with Crippen LogP contribution in [0, 0.1) is 5.92 Å². The van der Waals surface area contributed by atoms with E-state index < -0.39 is 24.1 Å². The van der Waals surface area contributed by atoms with Crippen molar-refractivity contribution in [2.24, 2.45) is 5.92 Å². The minimum Gasteiger partial charge on any atom is -0.480 e. The number of hydrogen-bond acceptors (Lipinski definition) is 3. The van der Waals surface area contributed by atoms with Crippen molar-refractivity contribution in [1.29, 1.82) is 0 Å². The Kier molecular flexibility index (Phi) is 5.40. The number of aliphatic carboxylic acids is 1. The maximum atomic E-state index is 11.9. The highest BCUT2D eigenvalue weighted by atomic mass is 16.4. The fourth-order valence-electron chi connectivity index (χ4n) is 2.18. The number of amides is 2. The number of rotatable bonds is 5. The second-order valence-electron chi connectivity index (χ2n) is 4.76. The molecule has 0 bridgehead atoms. The quantitative estimate of drug-likeness (QED) is 0.675. The summed E-state index contributed by atoms with van der Waals surface area (Å²) in [5.41, 5.74) is 0. The first kappa shape index (κ1) is 14.8. The monoisotopic (exact) mass is 258 g/mol. The highest BCUT2D eigenvalue weighted by Crippen LogP contribution is 2.18. The molecule has 2 amide bonds. The number of likely N-dealkylation sites (tertiary alicyclic amines) is 1. The van der Waals surface area contributed by atoms with E-state index in [9.17, 15) is 14.7 Å². The van der Waals surface area contributed by atoms with E-state index in [2.05, 4.69) is 19.2 Å². The van der Waals surface area contributed by atoms with E-state index in [1.807, 2.05) is 0 Å². The van der Waals surface area contributed by atoms with Gasteiger partial charge in [-0.25, -0.2) is 9.59 Å². The summed E-state index contributed by atoms with van der Waals surface area (Å²) in [6.07, 6.45) is 1.31. The zero-order chi connectivity index (χ0) is 13.7. The van der Waals surface area contributed by atoms with Crippen LogP contribution in [-0.2, 0) is 4.79 Å². The first-order valence-corrected chi connectivity index (χ1v) is 6.44. The number of carboxylic acids is 1. The zero-order valence-electron chi connectivity index (χ0n) is 10.9. The molecule has 1 rings (SSSR count). The van der Waals surface area contributed by atoms with Crippen molar-refractivity contribution in [3.63, 3.8) is 0 Å². The van der Waals surface area contributed by atoms with Crippen molar-refractivity contribution in [3.8, 4) is 0 Å². The van der Waals surface area contributed by atoms with Crippen LogP contribution in [0.3, 0.4) is 0 Å². The lowest BCUT2D eigenvalue weighted by molar-refractivity contribution is -0.141. The van der Waals surface area contributed by atoms with Crippen molar-refractivity contribution in [1.82, 2.24) is 10.2 Å². The molecule has 2 atom stereocenters. The minimum atomic E-state index is -1.07. The first-order valence-electron chi connectivity index (χ1n) is 6.44. The van der Waals surface area contributed by atoms with Gasteiger partial charge < -0.3 is 20.4 Å². The molecule has 0 spiro atoms. The van der Waals surface area contributed by atoms with E-state index in [1.54, 1.807) is 0 Å². The fourth-order valence-corrected chi connectivity index (χ4v) is 2.18. The number of nitrogens with zero attached hydrogens (tertiary/aromatic N) is 1. The van der Waals surface area contributed by atoms with Crippen LogP contribution < -0.4 is 5.32 Å². The third-order valence-electron chi connectivity index (χ3n) is 3.52. The number of aliphatic hydroxyl groups is 1. The average Bonchev–Trinajstić information content (AvgIpc) is 2.72. The van der Waals surface area contributed by atoms with Crippen LogP contribution >= 0.6 is 0 Å². The predicted octanol–water partition coefficient (Wildman–Crippen LogP) is 0.652. The van der Waals surface area contributed by atoms with Crippen molar-refractivity contribution < 1.29 is 19.8 Å². The highest BCUT2D eigenvalue weighted by molar-refractivity contribution is 5.83. The summed E-state index contributed by atoms with van der Waals surface area (Å²) in [5, 5.41) is 21.2. The Hall–Kier alpha value is -1.30. The number of nitrogens with one attached hydrogen (secondary N) is 1. The van der Waals surface area contributed by atoms with Gasteiger partial charge >= 0.3 is 12.0 Å². The van der Waals surface area contributed by atoms with Crippen LogP contribution in [-0.4, -0.2) is 52.3 Å². The Balaban J connectivity index is 2.52.